The summed E-state index contributed by atoms with van der Waals surface area (Å²) in [7, 11) is 0. The molecule has 0 spiro atoms. The third-order valence-electron chi connectivity index (χ3n) is 3.64. The van der Waals surface area contributed by atoms with E-state index in [-0.39, 0.29) is 5.54 Å². The fraction of sp³-hybridized carbons (Fsp3) is 1.00. The maximum absolute atomic E-state index is 6.22. The van der Waals surface area contributed by atoms with Crippen LogP contribution in [0.2, 0.25) is 0 Å². The Kier molecular flexibility index (Phi) is 4.58. The van der Waals surface area contributed by atoms with E-state index in [1.54, 1.807) is 0 Å². The largest absolute Gasteiger partial charge is 0.379 e. The van der Waals surface area contributed by atoms with Gasteiger partial charge in [0, 0.05) is 25.2 Å². The van der Waals surface area contributed by atoms with E-state index in [9.17, 15) is 0 Å². The number of hydrogen-bond donors (Lipinski definition) is 1. The van der Waals surface area contributed by atoms with Gasteiger partial charge in [-0.2, -0.15) is 0 Å². The zero-order valence-corrected chi connectivity index (χ0v) is 10.1. The van der Waals surface area contributed by atoms with Gasteiger partial charge in [-0.15, -0.1) is 0 Å². The molecule has 94 valence electrons. The maximum atomic E-state index is 6.22. The molecule has 0 atom stereocenters. The summed E-state index contributed by atoms with van der Waals surface area (Å²) in [5.74, 6) is 0. The molecule has 4 nitrogen and oxygen atoms in total. The van der Waals surface area contributed by atoms with Crippen molar-refractivity contribution in [2.24, 2.45) is 5.73 Å². The van der Waals surface area contributed by atoms with E-state index in [0.717, 1.165) is 58.9 Å². The van der Waals surface area contributed by atoms with Gasteiger partial charge >= 0.3 is 0 Å². The fourth-order valence-electron chi connectivity index (χ4n) is 2.52. The van der Waals surface area contributed by atoms with Crippen molar-refractivity contribution in [2.75, 3.05) is 46.1 Å². The molecule has 0 aromatic heterocycles. The molecule has 1 saturated carbocycles. The summed E-state index contributed by atoms with van der Waals surface area (Å²) in [5.41, 5.74) is 6.20. The number of rotatable bonds is 5. The predicted octanol–water partition coefficient (Wildman–Crippen LogP) is 0.607. The number of nitrogens with two attached hydrogens (primary N) is 1. The summed E-state index contributed by atoms with van der Waals surface area (Å²) in [6, 6.07) is 0. The number of hydrogen-bond acceptors (Lipinski definition) is 4. The summed E-state index contributed by atoms with van der Waals surface area (Å²) in [6.07, 6.45) is 4.79. The molecule has 1 heterocycles. The maximum Gasteiger partial charge on any atom is 0.0646 e. The van der Waals surface area contributed by atoms with Gasteiger partial charge in [0.25, 0.3) is 0 Å². The Morgan fingerprint density at radius 1 is 1.19 bits per heavy atom. The molecular weight excluding hydrogens is 204 g/mol. The molecule has 0 aromatic carbocycles. The van der Waals surface area contributed by atoms with Crippen LogP contribution in [0.4, 0.5) is 0 Å². The lowest BCUT2D eigenvalue weighted by Crippen LogP contribution is -2.43. The minimum atomic E-state index is -0.0228. The van der Waals surface area contributed by atoms with Gasteiger partial charge in [0.15, 0.2) is 0 Å². The van der Waals surface area contributed by atoms with Gasteiger partial charge in [-0.3, -0.25) is 4.90 Å². The lowest BCUT2D eigenvalue weighted by Gasteiger charge is -2.28. The second-order valence-corrected chi connectivity index (χ2v) is 5.08. The quantitative estimate of drug-likeness (QED) is 0.700. The molecule has 2 N–H and O–H groups in total. The van der Waals surface area contributed by atoms with Crippen LogP contribution in [0.1, 0.15) is 25.7 Å². The van der Waals surface area contributed by atoms with Crippen LogP contribution >= 0.6 is 0 Å². The van der Waals surface area contributed by atoms with E-state index in [0.29, 0.717) is 0 Å². The molecule has 1 saturated heterocycles. The Morgan fingerprint density at radius 2 is 1.88 bits per heavy atom. The predicted molar refractivity (Wildman–Crippen MR) is 63.5 cm³/mol. The first-order valence-electron chi connectivity index (χ1n) is 6.45. The number of morpholine rings is 1. The minimum Gasteiger partial charge on any atom is -0.379 e. The van der Waals surface area contributed by atoms with Crippen molar-refractivity contribution in [1.82, 2.24) is 4.90 Å². The molecule has 4 heteroatoms. The lowest BCUT2D eigenvalue weighted by atomic mass is 10.0. The molecule has 2 aliphatic rings. The Morgan fingerprint density at radius 3 is 2.56 bits per heavy atom. The van der Waals surface area contributed by atoms with Crippen molar-refractivity contribution in [1.29, 1.82) is 0 Å². The molecule has 1 aliphatic carbocycles. The summed E-state index contributed by atoms with van der Waals surface area (Å²) in [5, 5.41) is 0. The van der Waals surface area contributed by atoms with Crippen LogP contribution in [0.15, 0.2) is 0 Å². The molecule has 2 rings (SSSR count). The zero-order chi connectivity index (χ0) is 11.3. The van der Waals surface area contributed by atoms with E-state index >= 15 is 0 Å². The van der Waals surface area contributed by atoms with E-state index in [4.69, 9.17) is 15.2 Å². The van der Waals surface area contributed by atoms with Gasteiger partial charge in [-0.25, -0.2) is 0 Å². The van der Waals surface area contributed by atoms with E-state index in [1.807, 2.05) is 0 Å². The third-order valence-corrected chi connectivity index (χ3v) is 3.64. The average Bonchev–Trinajstić information content (AvgIpc) is 2.74. The fourth-order valence-corrected chi connectivity index (χ4v) is 2.52. The van der Waals surface area contributed by atoms with E-state index in [2.05, 4.69) is 4.90 Å². The number of nitrogens with zero attached hydrogens (tertiary/aromatic N) is 1. The normalized spacial score (nSPS) is 26.1. The molecule has 0 bridgehead atoms. The van der Waals surface area contributed by atoms with E-state index in [1.165, 1.54) is 12.8 Å². The zero-order valence-electron chi connectivity index (χ0n) is 10.1. The van der Waals surface area contributed by atoms with Crippen LogP contribution < -0.4 is 5.73 Å². The first-order chi connectivity index (χ1) is 7.79. The SMILES string of the molecule is NC1(COCCN2CCOCC2)CCCC1. The highest BCUT2D eigenvalue weighted by atomic mass is 16.5. The van der Waals surface area contributed by atoms with Crippen molar-refractivity contribution >= 4 is 0 Å². The summed E-state index contributed by atoms with van der Waals surface area (Å²) < 4.78 is 11.0. The van der Waals surface area contributed by atoms with Crippen LogP contribution in [0.3, 0.4) is 0 Å². The smallest absolute Gasteiger partial charge is 0.0646 e. The van der Waals surface area contributed by atoms with E-state index < -0.39 is 0 Å². The topological polar surface area (TPSA) is 47.7 Å². The second-order valence-electron chi connectivity index (χ2n) is 5.08. The van der Waals surface area contributed by atoms with Crippen molar-refractivity contribution in [3.63, 3.8) is 0 Å². The summed E-state index contributed by atoms with van der Waals surface area (Å²) in [4.78, 5) is 2.39. The standard InChI is InChI=1S/C12H24N2O2/c13-12(3-1-2-4-12)11-16-10-7-14-5-8-15-9-6-14/h1-11,13H2. The highest BCUT2D eigenvalue weighted by Gasteiger charge is 2.29. The molecule has 0 amide bonds. The van der Waals surface area contributed by atoms with Crippen LogP contribution in [0, 0.1) is 0 Å². The summed E-state index contributed by atoms with van der Waals surface area (Å²) in [6.45, 7) is 6.35. The molecule has 0 radical (unpaired) electrons. The summed E-state index contributed by atoms with van der Waals surface area (Å²) >= 11 is 0. The van der Waals surface area contributed by atoms with Gasteiger partial charge < -0.3 is 15.2 Å². The average molecular weight is 228 g/mol. The molecule has 0 aromatic rings. The monoisotopic (exact) mass is 228 g/mol. The molecule has 1 aliphatic heterocycles. The highest BCUT2D eigenvalue weighted by Crippen LogP contribution is 2.27. The first-order valence-corrected chi connectivity index (χ1v) is 6.45. The minimum absolute atomic E-state index is 0.0228. The van der Waals surface area contributed by atoms with Gasteiger partial charge in [0.2, 0.25) is 0 Å². The first kappa shape index (κ1) is 12.3. The van der Waals surface area contributed by atoms with Crippen LogP contribution in [-0.4, -0.2) is 56.5 Å². The molecule has 2 fully saturated rings. The lowest BCUT2D eigenvalue weighted by molar-refractivity contribution is 0.0136. The molecule has 16 heavy (non-hydrogen) atoms. The van der Waals surface area contributed by atoms with Crippen molar-refractivity contribution in [3.05, 3.63) is 0 Å². The molecular formula is C12H24N2O2. The Hall–Kier alpha value is -0.160. The Balaban J connectivity index is 1.54. The van der Waals surface area contributed by atoms with Crippen LogP contribution in [-0.2, 0) is 9.47 Å². The second kappa shape index (κ2) is 5.96. The number of ether oxygens (including phenoxy) is 2. The van der Waals surface area contributed by atoms with Gasteiger partial charge in [0.05, 0.1) is 26.4 Å². The Bertz CT molecular complexity index is 199. The highest BCUT2D eigenvalue weighted by molar-refractivity contribution is 4.88. The van der Waals surface area contributed by atoms with Gasteiger partial charge in [0.1, 0.15) is 0 Å². The molecule has 0 unspecified atom stereocenters. The Labute approximate surface area is 98.1 Å². The van der Waals surface area contributed by atoms with Gasteiger partial charge in [-0.1, -0.05) is 12.8 Å². The van der Waals surface area contributed by atoms with Crippen LogP contribution in [0.25, 0.3) is 0 Å². The van der Waals surface area contributed by atoms with Crippen molar-refractivity contribution in [2.45, 2.75) is 31.2 Å². The third kappa shape index (κ3) is 3.70. The van der Waals surface area contributed by atoms with Gasteiger partial charge in [-0.05, 0) is 12.8 Å². The van der Waals surface area contributed by atoms with Crippen LogP contribution in [0.5, 0.6) is 0 Å². The van der Waals surface area contributed by atoms with Crippen molar-refractivity contribution < 1.29 is 9.47 Å². The van der Waals surface area contributed by atoms with Crippen molar-refractivity contribution in [3.8, 4) is 0 Å².